The third-order valence-corrected chi connectivity index (χ3v) is 1.77. The molecule has 1 aliphatic carbocycles. The van der Waals surface area contributed by atoms with Gasteiger partial charge in [-0.05, 0) is 12.8 Å². The lowest BCUT2D eigenvalue weighted by molar-refractivity contribution is -0.119. The maximum absolute atomic E-state index is 10.4. The Morgan fingerprint density at radius 2 is 2.40 bits per heavy atom. The zero-order chi connectivity index (χ0) is 7.61. The van der Waals surface area contributed by atoms with Crippen LogP contribution in [0.25, 0.3) is 0 Å². The van der Waals surface area contributed by atoms with Gasteiger partial charge in [-0.1, -0.05) is 0 Å². The Morgan fingerprint density at radius 3 is 2.70 bits per heavy atom. The minimum atomic E-state index is -0.203. The third kappa shape index (κ3) is 1.47. The topological polar surface area (TPSA) is 52.9 Å². The van der Waals surface area contributed by atoms with Crippen molar-refractivity contribution >= 4 is 5.91 Å². The van der Waals surface area contributed by atoms with Crippen LogP contribution in [0, 0.1) is 16.7 Å². The number of carbonyl (C=O) groups is 1. The predicted octanol–water partition coefficient (Wildman–Crippen LogP) is 0.426. The fraction of sp³-hybridized carbons (Fsp3) is 0.714. The molecule has 1 fully saturated rings. The molecule has 1 N–H and O–H groups in total. The van der Waals surface area contributed by atoms with Crippen LogP contribution in [0.2, 0.25) is 0 Å². The largest absolute Gasteiger partial charge is 0.355 e. The molecule has 1 amide bonds. The van der Waals surface area contributed by atoms with E-state index < -0.39 is 0 Å². The average Bonchev–Trinajstić information content (AvgIpc) is 2.64. The lowest BCUT2D eigenvalue weighted by atomic mass is 10.1. The number of carbonyl (C=O) groups excluding carboxylic acids is 1. The maximum atomic E-state index is 10.4. The predicted molar refractivity (Wildman–Crippen MR) is 36.0 cm³/mol. The van der Waals surface area contributed by atoms with Gasteiger partial charge >= 0.3 is 0 Å². The van der Waals surface area contributed by atoms with Crippen molar-refractivity contribution in [3.63, 3.8) is 0 Å². The Kier molecular flexibility index (Phi) is 1.62. The Morgan fingerprint density at radius 1 is 1.80 bits per heavy atom. The summed E-state index contributed by atoms with van der Waals surface area (Å²) in [5.41, 5.74) is -0.203. The maximum Gasteiger partial charge on any atom is 0.216 e. The highest BCUT2D eigenvalue weighted by molar-refractivity contribution is 5.72. The van der Waals surface area contributed by atoms with Crippen molar-refractivity contribution in [2.75, 3.05) is 6.54 Å². The molecule has 1 saturated carbocycles. The van der Waals surface area contributed by atoms with Crippen molar-refractivity contribution in [3.8, 4) is 6.07 Å². The molecule has 54 valence electrons. The van der Waals surface area contributed by atoms with E-state index in [4.69, 9.17) is 5.26 Å². The van der Waals surface area contributed by atoms with E-state index in [1.807, 2.05) is 0 Å². The van der Waals surface area contributed by atoms with E-state index in [0.717, 1.165) is 12.8 Å². The summed E-state index contributed by atoms with van der Waals surface area (Å²) in [6.45, 7) is 1.99. The Bertz CT molecular complexity index is 188. The third-order valence-electron chi connectivity index (χ3n) is 1.77. The van der Waals surface area contributed by atoms with Crippen LogP contribution < -0.4 is 5.32 Å². The zero-order valence-electron chi connectivity index (χ0n) is 5.98. The van der Waals surface area contributed by atoms with Gasteiger partial charge in [-0.2, -0.15) is 5.26 Å². The van der Waals surface area contributed by atoms with Crippen LogP contribution in [-0.4, -0.2) is 12.5 Å². The second-order valence-corrected chi connectivity index (χ2v) is 2.80. The number of nitriles is 1. The summed E-state index contributed by atoms with van der Waals surface area (Å²) in [5.74, 6) is -0.0541. The van der Waals surface area contributed by atoms with E-state index in [9.17, 15) is 4.79 Å². The molecule has 0 aliphatic heterocycles. The second kappa shape index (κ2) is 2.30. The van der Waals surface area contributed by atoms with Crippen molar-refractivity contribution < 1.29 is 4.79 Å². The van der Waals surface area contributed by atoms with Crippen molar-refractivity contribution in [3.05, 3.63) is 0 Å². The molecule has 1 rings (SSSR count). The van der Waals surface area contributed by atoms with E-state index in [2.05, 4.69) is 11.4 Å². The van der Waals surface area contributed by atoms with Crippen LogP contribution in [0.1, 0.15) is 19.8 Å². The van der Waals surface area contributed by atoms with Gasteiger partial charge in [-0.25, -0.2) is 0 Å². The van der Waals surface area contributed by atoms with Crippen LogP contribution in [0.5, 0.6) is 0 Å². The number of hydrogen-bond acceptors (Lipinski definition) is 2. The molecule has 0 saturated heterocycles. The van der Waals surface area contributed by atoms with Gasteiger partial charge in [0.05, 0.1) is 11.5 Å². The van der Waals surface area contributed by atoms with Gasteiger partial charge in [0, 0.05) is 13.5 Å². The molecule has 0 aromatic carbocycles. The summed E-state index contributed by atoms with van der Waals surface area (Å²) in [4.78, 5) is 10.4. The number of nitrogens with zero attached hydrogens (tertiary/aromatic N) is 1. The first-order chi connectivity index (χ1) is 4.68. The Labute approximate surface area is 60.0 Å². The van der Waals surface area contributed by atoms with Gasteiger partial charge in [0.2, 0.25) is 5.91 Å². The summed E-state index contributed by atoms with van der Waals surface area (Å²) < 4.78 is 0. The number of nitrogens with one attached hydrogen (secondary N) is 1. The normalized spacial score (nSPS) is 19.2. The standard InChI is InChI=1S/C7H10N2O/c1-6(10)9-5-7(4-8)2-3-7/h2-3,5H2,1H3,(H,9,10). The molecule has 3 nitrogen and oxygen atoms in total. The van der Waals surface area contributed by atoms with E-state index in [-0.39, 0.29) is 11.3 Å². The van der Waals surface area contributed by atoms with Crippen LogP contribution in [0.15, 0.2) is 0 Å². The van der Waals surface area contributed by atoms with Crippen molar-refractivity contribution in [2.45, 2.75) is 19.8 Å². The molecule has 0 unspecified atom stereocenters. The van der Waals surface area contributed by atoms with Gasteiger partial charge in [-0.15, -0.1) is 0 Å². The molecule has 0 spiro atoms. The second-order valence-electron chi connectivity index (χ2n) is 2.80. The van der Waals surface area contributed by atoms with E-state index >= 15 is 0 Å². The van der Waals surface area contributed by atoms with Crippen LogP contribution in [-0.2, 0) is 4.79 Å². The summed E-state index contributed by atoms with van der Waals surface area (Å²) >= 11 is 0. The molecule has 0 aromatic rings. The van der Waals surface area contributed by atoms with Crippen molar-refractivity contribution in [2.24, 2.45) is 5.41 Å². The lowest BCUT2D eigenvalue weighted by Gasteiger charge is -2.04. The molecule has 0 atom stereocenters. The minimum Gasteiger partial charge on any atom is -0.355 e. The molecule has 0 bridgehead atoms. The summed E-state index contributed by atoms with van der Waals surface area (Å²) in [6.07, 6.45) is 1.87. The Hall–Kier alpha value is -1.04. The van der Waals surface area contributed by atoms with E-state index in [0.29, 0.717) is 6.54 Å². The molecule has 3 heteroatoms. The van der Waals surface area contributed by atoms with Gasteiger partial charge in [0.25, 0.3) is 0 Å². The number of hydrogen-bond donors (Lipinski definition) is 1. The molecule has 1 aliphatic rings. The SMILES string of the molecule is CC(=O)NCC1(C#N)CC1. The highest BCUT2D eigenvalue weighted by Crippen LogP contribution is 2.43. The lowest BCUT2D eigenvalue weighted by Crippen LogP contribution is -2.27. The minimum absolute atomic E-state index is 0.0541. The van der Waals surface area contributed by atoms with Crippen LogP contribution >= 0.6 is 0 Å². The zero-order valence-corrected chi connectivity index (χ0v) is 5.98. The van der Waals surface area contributed by atoms with Crippen molar-refractivity contribution in [1.82, 2.24) is 5.32 Å². The fourth-order valence-electron chi connectivity index (χ4n) is 0.773. The Balaban J connectivity index is 2.27. The molecular weight excluding hydrogens is 128 g/mol. The smallest absolute Gasteiger partial charge is 0.216 e. The highest BCUT2D eigenvalue weighted by atomic mass is 16.1. The van der Waals surface area contributed by atoms with Gasteiger partial charge in [0.1, 0.15) is 0 Å². The first-order valence-electron chi connectivity index (χ1n) is 3.34. The number of rotatable bonds is 2. The van der Waals surface area contributed by atoms with Gasteiger partial charge in [0.15, 0.2) is 0 Å². The highest BCUT2D eigenvalue weighted by Gasteiger charge is 2.42. The fourth-order valence-corrected chi connectivity index (χ4v) is 0.773. The summed E-state index contributed by atoms with van der Waals surface area (Å²) in [5, 5.41) is 11.2. The van der Waals surface area contributed by atoms with E-state index in [1.54, 1.807) is 0 Å². The first kappa shape index (κ1) is 7.07. The molecule has 0 aromatic heterocycles. The first-order valence-corrected chi connectivity index (χ1v) is 3.34. The molecular formula is C7H10N2O. The molecule has 0 heterocycles. The quantitative estimate of drug-likeness (QED) is 0.601. The van der Waals surface area contributed by atoms with E-state index in [1.165, 1.54) is 6.92 Å². The van der Waals surface area contributed by atoms with Gasteiger partial charge in [-0.3, -0.25) is 4.79 Å². The van der Waals surface area contributed by atoms with Crippen LogP contribution in [0.3, 0.4) is 0 Å². The molecule has 10 heavy (non-hydrogen) atoms. The summed E-state index contributed by atoms with van der Waals surface area (Å²) in [6, 6.07) is 2.19. The molecule has 0 radical (unpaired) electrons. The van der Waals surface area contributed by atoms with Crippen LogP contribution in [0.4, 0.5) is 0 Å². The monoisotopic (exact) mass is 138 g/mol. The average molecular weight is 138 g/mol. The van der Waals surface area contributed by atoms with Crippen molar-refractivity contribution in [1.29, 1.82) is 5.26 Å². The number of amides is 1. The summed E-state index contributed by atoms with van der Waals surface area (Å²) in [7, 11) is 0. The van der Waals surface area contributed by atoms with Gasteiger partial charge < -0.3 is 5.32 Å².